The third-order valence-electron chi connectivity index (χ3n) is 4.90. The molecule has 24 heavy (non-hydrogen) atoms. The van der Waals surface area contributed by atoms with Crippen LogP contribution in [0.15, 0.2) is 48.5 Å². The average Bonchev–Trinajstić information content (AvgIpc) is 3.02. The second kappa shape index (κ2) is 6.65. The highest BCUT2D eigenvalue weighted by Gasteiger charge is 2.23. The number of benzene rings is 2. The van der Waals surface area contributed by atoms with E-state index < -0.39 is 0 Å². The molecule has 0 saturated carbocycles. The Kier molecular flexibility index (Phi) is 4.22. The molecule has 0 aromatic heterocycles. The molecule has 2 aromatic carbocycles. The summed E-state index contributed by atoms with van der Waals surface area (Å²) in [6, 6.07) is 17.4. The van der Waals surface area contributed by atoms with Crippen LogP contribution in [0.4, 0.5) is 11.4 Å². The summed E-state index contributed by atoms with van der Waals surface area (Å²) < 4.78 is 0. The number of hydrogen-bond donors (Lipinski definition) is 2. The number of carbonyl (C=O) groups is 1. The lowest BCUT2D eigenvalue weighted by molar-refractivity contribution is -0.116. The number of hydrogen-bond acceptors (Lipinski definition) is 3. The van der Waals surface area contributed by atoms with Crippen molar-refractivity contribution in [3.8, 4) is 0 Å². The molecule has 1 saturated heterocycles. The second-order valence-electron chi connectivity index (χ2n) is 6.77. The Morgan fingerprint density at radius 1 is 1.12 bits per heavy atom. The fourth-order valence-corrected chi connectivity index (χ4v) is 3.63. The zero-order valence-electron chi connectivity index (χ0n) is 13.8. The molecule has 4 nitrogen and oxygen atoms in total. The molecule has 1 unspecified atom stereocenters. The number of aryl methyl sites for hydroxylation is 1. The number of nitrogens with one attached hydrogen (secondary N) is 2. The van der Waals surface area contributed by atoms with Gasteiger partial charge < -0.3 is 10.6 Å². The monoisotopic (exact) mass is 321 g/mol. The minimum Gasteiger partial charge on any atom is -0.381 e. The van der Waals surface area contributed by atoms with Gasteiger partial charge in [0, 0.05) is 43.5 Å². The highest BCUT2D eigenvalue weighted by atomic mass is 16.1. The predicted molar refractivity (Wildman–Crippen MR) is 97.1 cm³/mol. The lowest BCUT2D eigenvalue weighted by atomic mass is 10.0. The third kappa shape index (κ3) is 3.44. The van der Waals surface area contributed by atoms with E-state index in [2.05, 4.69) is 64.1 Å². The van der Waals surface area contributed by atoms with Crippen LogP contribution < -0.4 is 10.6 Å². The van der Waals surface area contributed by atoms with Gasteiger partial charge in [0.15, 0.2) is 0 Å². The van der Waals surface area contributed by atoms with Crippen molar-refractivity contribution in [1.82, 2.24) is 4.90 Å². The Bertz CT molecular complexity index is 729. The maximum absolute atomic E-state index is 11.6. The van der Waals surface area contributed by atoms with Crippen LogP contribution in [0.25, 0.3) is 0 Å². The van der Waals surface area contributed by atoms with Crippen molar-refractivity contribution in [2.24, 2.45) is 0 Å². The first-order valence-electron chi connectivity index (χ1n) is 8.72. The Balaban J connectivity index is 1.36. The second-order valence-corrected chi connectivity index (χ2v) is 6.77. The van der Waals surface area contributed by atoms with E-state index >= 15 is 0 Å². The first-order chi connectivity index (χ1) is 11.8. The quantitative estimate of drug-likeness (QED) is 0.908. The number of amides is 1. The van der Waals surface area contributed by atoms with Gasteiger partial charge in [0.05, 0.1) is 0 Å². The maximum atomic E-state index is 11.6. The van der Waals surface area contributed by atoms with Gasteiger partial charge in [-0.1, -0.05) is 36.4 Å². The maximum Gasteiger partial charge on any atom is 0.224 e. The zero-order valence-corrected chi connectivity index (χ0v) is 13.8. The molecule has 0 aliphatic carbocycles. The van der Waals surface area contributed by atoms with Crippen molar-refractivity contribution >= 4 is 17.3 Å². The van der Waals surface area contributed by atoms with E-state index in [0.717, 1.165) is 43.9 Å². The van der Waals surface area contributed by atoms with Gasteiger partial charge in [-0.25, -0.2) is 0 Å². The Hall–Kier alpha value is -2.33. The van der Waals surface area contributed by atoms with Gasteiger partial charge >= 0.3 is 0 Å². The van der Waals surface area contributed by atoms with E-state index in [1.165, 1.54) is 11.1 Å². The van der Waals surface area contributed by atoms with Crippen molar-refractivity contribution in [3.05, 3.63) is 59.7 Å². The molecule has 2 aromatic rings. The smallest absolute Gasteiger partial charge is 0.224 e. The molecule has 1 fully saturated rings. The third-order valence-corrected chi connectivity index (χ3v) is 4.90. The van der Waals surface area contributed by atoms with Crippen molar-refractivity contribution in [2.75, 3.05) is 23.7 Å². The molecule has 1 amide bonds. The standard InChI is InChI=1S/C20H23N3O/c24-20-9-7-16-6-8-17(12-19(16)22-20)21-18-10-11-23(14-18)13-15-4-2-1-3-5-15/h1-6,8,12,18,21H,7,9-11,13-14H2,(H,22,24). The number of nitrogens with zero attached hydrogens (tertiary/aromatic N) is 1. The summed E-state index contributed by atoms with van der Waals surface area (Å²) in [5.41, 5.74) is 4.67. The Morgan fingerprint density at radius 2 is 2.00 bits per heavy atom. The lowest BCUT2D eigenvalue weighted by Gasteiger charge is -2.20. The highest BCUT2D eigenvalue weighted by molar-refractivity contribution is 5.94. The van der Waals surface area contributed by atoms with Gasteiger partial charge in [0.1, 0.15) is 0 Å². The fraction of sp³-hybridized carbons (Fsp3) is 0.350. The summed E-state index contributed by atoms with van der Waals surface area (Å²) in [5.74, 6) is 0.120. The van der Waals surface area contributed by atoms with E-state index in [0.29, 0.717) is 12.5 Å². The van der Waals surface area contributed by atoms with Crippen LogP contribution in [0.5, 0.6) is 0 Å². The average molecular weight is 321 g/mol. The van der Waals surface area contributed by atoms with Gasteiger partial charge in [-0.2, -0.15) is 0 Å². The van der Waals surface area contributed by atoms with E-state index in [-0.39, 0.29) is 5.91 Å². The van der Waals surface area contributed by atoms with E-state index in [9.17, 15) is 4.79 Å². The van der Waals surface area contributed by atoms with E-state index in [1.54, 1.807) is 0 Å². The van der Waals surface area contributed by atoms with E-state index in [1.807, 2.05) is 0 Å². The number of carbonyl (C=O) groups excluding carboxylic acids is 1. The summed E-state index contributed by atoms with van der Waals surface area (Å²) in [6.45, 7) is 3.19. The van der Waals surface area contributed by atoms with Crippen molar-refractivity contribution in [3.63, 3.8) is 0 Å². The van der Waals surface area contributed by atoms with Crippen LogP contribution in [0.3, 0.4) is 0 Å². The number of fused-ring (bicyclic) bond motifs is 1. The first-order valence-corrected chi connectivity index (χ1v) is 8.72. The molecule has 0 radical (unpaired) electrons. The molecule has 0 bridgehead atoms. The molecule has 2 aliphatic rings. The van der Waals surface area contributed by atoms with Crippen LogP contribution in [-0.2, 0) is 17.8 Å². The molecule has 2 heterocycles. The van der Waals surface area contributed by atoms with Gasteiger partial charge in [0.2, 0.25) is 5.91 Å². The molecular formula is C20H23N3O. The zero-order chi connectivity index (χ0) is 16.4. The topological polar surface area (TPSA) is 44.4 Å². The molecule has 4 heteroatoms. The van der Waals surface area contributed by atoms with Gasteiger partial charge in [-0.15, -0.1) is 0 Å². The predicted octanol–water partition coefficient (Wildman–Crippen LogP) is 3.26. The van der Waals surface area contributed by atoms with Crippen LogP contribution in [0, 0.1) is 0 Å². The van der Waals surface area contributed by atoms with Crippen LogP contribution >= 0.6 is 0 Å². The molecule has 1 atom stereocenters. The molecule has 2 N–H and O–H groups in total. The number of anilines is 2. The van der Waals surface area contributed by atoms with Gasteiger partial charge in [-0.05, 0) is 36.1 Å². The van der Waals surface area contributed by atoms with Crippen molar-refractivity contribution < 1.29 is 4.79 Å². The summed E-state index contributed by atoms with van der Waals surface area (Å²) >= 11 is 0. The first kappa shape index (κ1) is 15.2. The minimum atomic E-state index is 0.120. The lowest BCUT2D eigenvalue weighted by Crippen LogP contribution is -2.26. The summed E-state index contributed by atoms with van der Waals surface area (Å²) in [7, 11) is 0. The number of rotatable bonds is 4. The molecular weight excluding hydrogens is 298 g/mol. The van der Waals surface area contributed by atoms with Crippen molar-refractivity contribution in [2.45, 2.75) is 31.8 Å². The van der Waals surface area contributed by atoms with Crippen LogP contribution in [0.1, 0.15) is 24.0 Å². The molecule has 124 valence electrons. The minimum absolute atomic E-state index is 0.120. The SMILES string of the molecule is O=C1CCc2ccc(NC3CCN(Cc4ccccc4)C3)cc2N1. The van der Waals surface area contributed by atoms with Gasteiger partial charge in [-0.3, -0.25) is 9.69 Å². The largest absolute Gasteiger partial charge is 0.381 e. The summed E-state index contributed by atoms with van der Waals surface area (Å²) in [5, 5.41) is 6.61. The van der Waals surface area contributed by atoms with E-state index in [4.69, 9.17) is 0 Å². The fourth-order valence-electron chi connectivity index (χ4n) is 3.63. The molecule has 4 rings (SSSR count). The van der Waals surface area contributed by atoms with Gasteiger partial charge in [0.25, 0.3) is 0 Å². The normalized spacial score (nSPS) is 20.5. The molecule has 0 spiro atoms. The van der Waals surface area contributed by atoms with Crippen LogP contribution in [0.2, 0.25) is 0 Å². The Morgan fingerprint density at radius 3 is 2.88 bits per heavy atom. The van der Waals surface area contributed by atoms with Crippen molar-refractivity contribution in [1.29, 1.82) is 0 Å². The number of likely N-dealkylation sites (tertiary alicyclic amines) is 1. The summed E-state index contributed by atoms with van der Waals surface area (Å²) in [6.07, 6.45) is 2.59. The highest BCUT2D eigenvalue weighted by Crippen LogP contribution is 2.27. The Labute approximate surface area is 142 Å². The van der Waals surface area contributed by atoms with Crippen LogP contribution in [-0.4, -0.2) is 29.9 Å². The molecule has 2 aliphatic heterocycles. The summed E-state index contributed by atoms with van der Waals surface area (Å²) in [4.78, 5) is 14.1.